The molecule has 0 spiro atoms. The molecule has 0 radical (unpaired) electrons. The molecule has 2 atom stereocenters. The standard InChI is InChI=1S/C12H21N3O/c16-12(14-8-2-1-3-8)15-11-6-9-4-5-10(7-11)13-9/h8-11,13H,1-7H2,(H2,14,15,16). The van der Waals surface area contributed by atoms with Crippen LogP contribution in [0.1, 0.15) is 44.9 Å². The molecule has 4 nitrogen and oxygen atoms in total. The minimum atomic E-state index is 0.0519. The van der Waals surface area contributed by atoms with Crippen molar-refractivity contribution in [3.8, 4) is 0 Å². The van der Waals surface area contributed by atoms with Gasteiger partial charge in [0.15, 0.2) is 0 Å². The molecule has 3 N–H and O–H groups in total. The molecule has 4 heteroatoms. The third kappa shape index (κ3) is 2.17. The maximum absolute atomic E-state index is 11.7. The largest absolute Gasteiger partial charge is 0.335 e. The average molecular weight is 223 g/mol. The van der Waals surface area contributed by atoms with Gasteiger partial charge >= 0.3 is 6.03 Å². The Kier molecular flexibility index (Phi) is 2.75. The lowest BCUT2D eigenvalue weighted by molar-refractivity contribution is 0.218. The number of amides is 2. The van der Waals surface area contributed by atoms with Gasteiger partial charge in [0.25, 0.3) is 0 Å². The lowest BCUT2D eigenvalue weighted by Gasteiger charge is -2.32. The van der Waals surface area contributed by atoms with E-state index in [1.165, 1.54) is 19.3 Å². The Balaban J connectivity index is 1.45. The van der Waals surface area contributed by atoms with Gasteiger partial charge in [0, 0.05) is 24.2 Å². The van der Waals surface area contributed by atoms with Crippen molar-refractivity contribution >= 4 is 6.03 Å². The van der Waals surface area contributed by atoms with E-state index in [1.807, 2.05) is 0 Å². The van der Waals surface area contributed by atoms with Gasteiger partial charge in [-0.05, 0) is 44.9 Å². The van der Waals surface area contributed by atoms with E-state index in [2.05, 4.69) is 16.0 Å². The molecular formula is C12H21N3O. The minimum Gasteiger partial charge on any atom is -0.335 e. The first kappa shape index (κ1) is 10.4. The molecule has 0 aromatic rings. The van der Waals surface area contributed by atoms with E-state index in [1.54, 1.807) is 0 Å². The topological polar surface area (TPSA) is 53.2 Å². The molecule has 2 saturated heterocycles. The SMILES string of the molecule is O=C(NC1CCC1)NC1CC2CCC(C1)N2. The fraction of sp³-hybridized carbons (Fsp3) is 0.917. The van der Waals surface area contributed by atoms with E-state index in [0.717, 1.165) is 25.7 Å². The predicted octanol–water partition coefficient (Wildman–Crippen LogP) is 1.12. The summed E-state index contributed by atoms with van der Waals surface area (Å²) in [6.07, 6.45) is 8.36. The number of carbonyl (C=O) groups is 1. The molecule has 3 rings (SSSR count). The highest BCUT2D eigenvalue weighted by Gasteiger charge is 2.34. The summed E-state index contributed by atoms with van der Waals surface area (Å²) in [5.41, 5.74) is 0. The van der Waals surface area contributed by atoms with Crippen LogP contribution in [0, 0.1) is 0 Å². The summed E-state index contributed by atoms with van der Waals surface area (Å²) < 4.78 is 0. The van der Waals surface area contributed by atoms with Crippen molar-refractivity contribution in [1.29, 1.82) is 0 Å². The van der Waals surface area contributed by atoms with Gasteiger partial charge in [-0.1, -0.05) is 0 Å². The summed E-state index contributed by atoms with van der Waals surface area (Å²) in [4.78, 5) is 11.7. The first-order valence-corrected chi connectivity index (χ1v) is 6.62. The van der Waals surface area contributed by atoms with Crippen molar-refractivity contribution in [3.05, 3.63) is 0 Å². The van der Waals surface area contributed by atoms with Crippen LogP contribution in [0.15, 0.2) is 0 Å². The van der Waals surface area contributed by atoms with E-state index in [-0.39, 0.29) is 6.03 Å². The van der Waals surface area contributed by atoms with Crippen LogP contribution in [0.4, 0.5) is 4.79 Å². The first-order chi connectivity index (χ1) is 7.79. The Hall–Kier alpha value is -0.770. The monoisotopic (exact) mass is 223 g/mol. The predicted molar refractivity (Wildman–Crippen MR) is 62.3 cm³/mol. The Labute approximate surface area is 96.5 Å². The lowest BCUT2D eigenvalue weighted by atomic mass is 9.93. The number of rotatable bonds is 2. The maximum atomic E-state index is 11.7. The van der Waals surface area contributed by atoms with Gasteiger partial charge in [0.1, 0.15) is 0 Å². The van der Waals surface area contributed by atoms with Gasteiger partial charge in [0.2, 0.25) is 0 Å². The van der Waals surface area contributed by atoms with Crippen molar-refractivity contribution in [2.24, 2.45) is 0 Å². The van der Waals surface area contributed by atoms with Crippen LogP contribution in [0.5, 0.6) is 0 Å². The van der Waals surface area contributed by atoms with Gasteiger partial charge in [-0.3, -0.25) is 0 Å². The second-order valence-corrected chi connectivity index (χ2v) is 5.55. The Morgan fingerprint density at radius 3 is 2.12 bits per heavy atom. The number of nitrogens with one attached hydrogen (secondary N) is 3. The quantitative estimate of drug-likeness (QED) is 0.657. The molecule has 2 aliphatic heterocycles. The molecule has 3 aliphatic rings. The highest BCUT2D eigenvalue weighted by atomic mass is 16.2. The summed E-state index contributed by atoms with van der Waals surface area (Å²) in [5.74, 6) is 0. The molecule has 2 bridgehead atoms. The van der Waals surface area contributed by atoms with E-state index in [0.29, 0.717) is 24.2 Å². The fourth-order valence-corrected chi connectivity index (χ4v) is 3.14. The Morgan fingerprint density at radius 2 is 1.56 bits per heavy atom. The number of carbonyl (C=O) groups excluding carboxylic acids is 1. The maximum Gasteiger partial charge on any atom is 0.315 e. The molecular weight excluding hydrogens is 202 g/mol. The second kappa shape index (κ2) is 4.24. The molecule has 0 aromatic carbocycles. The number of fused-ring (bicyclic) bond motifs is 2. The molecule has 2 amide bonds. The summed E-state index contributed by atoms with van der Waals surface area (Å²) in [6, 6.07) is 2.17. The van der Waals surface area contributed by atoms with E-state index < -0.39 is 0 Å². The molecule has 90 valence electrons. The van der Waals surface area contributed by atoms with E-state index >= 15 is 0 Å². The van der Waals surface area contributed by atoms with Crippen LogP contribution in [0.25, 0.3) is 0 Å². The molecule has 1 aliphatic carbocycles. The van der Waals surface area contributed by atoms with E-state index in [4.69, 9.17) is 0 Å². The first-order valence-electron chi connectivity index (χ1n) is 6.62. The third-order valence-electron chi connectivity index (χ3n) is 4.25. The summed E-state index contributed by atoms with van der Waals surface area (Å²) in [6.45, 7) is 0. The lowest BCUT2D eigenvalue weighted by Crippen LogP contribution is -2.53. The molecule has 2 unspecified atom stereocenters. The highest BCUT2D eigenvalue weighted by molar-refractivity contribution is 5.74. The van der Waals surface area contributed by atoms with Crippen molar-refractivity contribution < 1.29 is 4.79 Å². The molecule has 16 heavy (non-hydrogen) atoms. The fourth-order valence-electron chi connectivity index (χ4n) is 3.14. The summed E-state index contributed by atoms with van der Waals surface area (Å²) in [5, 5.41) is 9.76. The van der Waals surface area contributed by atoms with Gasteiger partial charge in [-0.15, -0.1) is 0 Å². The third-order valence-corrected chi connectivity index (χ3v) is 4.25. The molecule has 2 heterocycles. The summed E-state index contributed by atoms with van der Waals surface area (Å²) in [7, 11) is 0. The van der Waals surface area contributed by atoms with Crippen LogP contribution in [-0.4, -0.2) is 30.2 Å². The van der Waals surface area contributed by atoms with Gasteiger partial charge in [-0.25, -0.2) is 4.79 Å². The van der Waals surface area contributed by atoms with Crippen molar-refractivity contribution in [2.75, 3.05) is 0 Å². The zero-order valence-electron chi connectivity index (χ0n) is 9.67. The van der Waals surface area contributed by atoms with Crippen LogP contribution in [0.3, 0.4) is 0 Å². The minimum absolute atomic E-state index is 0.0519. The zero-order chi connectivity index (χ0) is 11.0. The Morgan fingerprint density at radius 1 is 0.938 bits per heavy atom. The number of piperidine rings is 1. The second-order valence-electron chi connectivity index (χ2n) is 5.55. The molecule has 0 aromatic heterocycles. The number of hydrogen-bond acceptors (Lipinski definition) is 2. The smallest absolute Gasteiger partial charge is 0.315 e. The zero-order valence-corrected chi connectivity index (χ0v) is 9.67. The van der Waals surface area contributed by atoms with Gasteiger partial charge < -0.3 is 16.0 Å². The average Bonchev–Trinajstić information content (AvgIpc) is 2.52. The molecule has 1 saturated carbocycles. The van der Waals surface area contributed by atoms with Gasteiger partial charge in [0.05, 0.1) is 0 Å². The van der Waals surface area contributed by atoms with Crippen molar-refractivity contribution in [1.82, 2.24) is 16.0 Å². The summed E-state index contributed by atoms with van der Waals surface area (Å²) >= 11 is 0. The van der Waals surface area contributed by atoms with Crippen LogP contribution in [0.2, 0.25) is 0 Å². The molecule has 3 fully saturated rings. The number of hydrogen-bond donors (Lipinski definition) is 3. The number of urea groups is 1. The van der Waals surface area contributed by atoms with E-state index in [9.17, 15) is 4.79 Å². The van der Waals surface area contributed by atoms with Crippen molar-refractivity contribution in [3.63, 3.8) is 0 Å². The highest BCUT2D eigenvalue weighted by Crippen LogP contribution is 2.26. The van der Waals surface area contributed by atoms with Crippen LogP contribution in [-0.2, 0) is 0 Å². The normalized spacial score (nSPS) is 37.9. The van der Waals surface area contributed by atoms with Crippen LogP contribution < -0.4 is 16.0 Å². The van der Waals surface area contributed by atoms with Crippen LogP contribution >= 0.6 is 0 Å². The Bertz CT molecular complexity index is 265. The van der Waals surface area contributed by atoms with Gasteiger partial charge in [-0.2, -0.15) is 0 Å². The van der Waals surface area contributed by atoms with Crippen molar-refractivity contribution in [2.45, 2.75) is 69.1 Å².